The molecule has 1 saturated heterocycles. The summed E-state index contributed by atoms with van der Waals surface area (Å²) >= 11 is 0. The minimum absolute atomic E-state index is 0.0228. The maximum Gasteiger partial charge on any atom is 0.238 e. The number of amides is 2. The summed E-state index contributed by atoms with van der Waals surface area (Å²) in [5, 5.41) is 7.93. The predicted molar refractivity (Wildman–Crippen MR) is 115 cm³/mol. The number of primary sulfonamides is 1. The first-order valence-corrected chi connectivity index (χ1v) is 11.5. The third kappa shape index (κ3) is 4.88. The van der Waals surface area contributed by atoms with Crippen LogP contribution in [0.25, 0.3) is 0 Å². The van der Waals surface area contributed by atoms with Crippen molar-refractivity contribution in [3.8, 4) is 0 Å². The van der Waals surface area contributed by atoms with Gasteiger partial charge in [0, 0.05) is 25.2 Å². The van der Waals surface area contributed by atoms with Crippen molar-refractivity contribution in [2.75, 3.05) is 11.4 Å². The summed E-state index contributed by atoms with van der Waals surface area (Å²) in [6.45, 7) is 4.84. The molecule has 2 amide bonds. The number of nitrogens with one attached hydrogen (secondary N) is 1. The van der Waals surface area contributed by atoms with Gasteiger partial charge < -0.3 is 10.2 Å². The average molecular weight is 430 g/mol. The molecule has 0 unspecified atom stereocenters. The Morgan fingerprint density at radius 3 is 2.50 bits per heavy atom. The number of sulfonamides is 1. The third-order valence-corrected chi connectivity index (χ3v) is 6.51. The Hall–Kier alpha value is -2.71. The van der Waals surface area contributed by atoms with Gasteiger partial charge in [-0.25, -0.2) is 13.6 Å². The molecule has 30 heavy (non-hydrogen) atoms. The molecule has 1 aliphatic rings. The van der Waals surface area contributed by atoms with E-state index in [1.54, 1.807) is 17.0 Å². The van der Waals surface area contributed by atoms with Crippen LogP contribution in [0.4, 0.5) is 5.69 Å². The first-order chi connectivity index (χ1) is 14.2. The SMILES string of the molecule is CC[C@@H](C)c1ccccc1N1C[C@@H](C(=O)NCc2ccc(S(N)(=O)=O)cc2)CC1=O. The maximum absolute atomic E-state index is 12.6. The van der Waals surface area contributed by atoms with Crippen molar-refractivity contribution < 1.29 is 18.0 Å². The maximum atomic E-state index is 12.6. The second-order valence-electron chi connectivity index (χ2n) is 7.68. The Labute approximate surface area is 177 Å². The molecule has 0 radical (unpaired) electrons. The van der Waals surface area contributed by atoms with Crippen LogP contribution in [0.5, 0.6) is 0 Å². The predicted octanol–water partition coefficient (Wildman–Crippen LogP) is 2.52. The van der Waals surface area contributed by atoms with Crippen molar-refractivity contribution in [2.24, 2.45) is 11.1 Å². The molecule has 0 aliphatic carbocycles. The highest BCUT2D eigenvalue weighted by Gasteiger charge is 2.36. The summed E-state index contributed by atoms with van der Waals surface area (Å²) in [5.74, 6) is -0.348. The van der Waals surface area contributed by atoms with Crippen LogP contribution in [0.15, 0.2) is 53.4 Å². The number of para-hydroxylation sites is 1. The monoisotopic (exact) mass is 429 g/mol. The molecule has 7 nitrogen and oxygen atoms in total. The van der Waals surface area contributed by atoms with E-state index in [2.05, 4.69) is 19.2 Å². The van der Waals surface area contributed by atoms with E-state index >= 15 is 0 Å². The van der Waals surface area contributed by atoms with E-state index in [0.717, 1.165) is 23.2 Å². The lowest BCUT2D eigenvalue weighted by molar-refractivity contribution is -0.126. The van der Waals surface area contributed by atoms with E-state index in [9.17, 15) is 18.0 Å². The van der Waals surface area contributed by atoms with Crippen LogP contribution in [-0.2, 0) is 26.2 Å². The number of carbonyl (C=O) groups is 2. The van der Waals surface area contributed by atoms with Crippen molar-refractivity contribution in [3.63, 3.8) is 0 Å². The van der Waals surface area contributed by atoms with Crippen molar-refractivity contribution in [3.05, 3.63) is 59.7 Å². The minimum Gasteiger partial charge on any atom is -0.352 e. The fourth-order valence-electron chi connectivity index (χ4n) is 3.62. The summed E-state index contributed by atoms with van der Waals surface area (Å²) in [6, 6.07) is 13.9. The first-order valence-electron chi connectivity index (χ1n) is 9.99. The molecule has 2 aromatic carbocycles. The summed E-state index contributed by atoms with van der Waals surface area (Å²) in [7, 11) is -3.74. The van der Waals surface area contributed by atoms with E-state index in [1.807, 2.05) is 24.3 Å². The summed E-state index contributed by atoms with van der Waals surface area (Å²) in [5.41, 5.74) is 2.74. The van der Waals surface area contributed by atoms with Gasteiger partial charge in [-0.1, -0.05) is 44.2 Å². The summed E-state index contributed by atoms with van der Waals surface area (Å²) < 4.78 is 22.6. The van der Waals surface area contributed by atoms with Crippen molar-refractivity contribution in [1.29, 1.82) is 0 Å². The first kappa shape index (κ1) is 22.0. The van der Waals surface area contributed by atoms with Gasteiger partial charge in [-0.3, -0.25) is 9.59 Å². The van der Waals surface area contributed by atoms with Gasteiger partial charge >= 0.3 is 0 Å². The number of anilines is 1. The molecule has 0 spiro atoms. The van der Waals surface area contributed by atoms with Crippen LogP contribution in [0.3, 0.4) is 0 Å². The van der Waals surface area contributed by atoms with Gasteiger partial charge in [-0.15, -0.1) is 0 Å². The van der Waals surface area contributed by atoms with Gasteiger partial charge in [0.1, 0.15) is 0 Å². The van der Waals surface area contributed by atoms with Crippen LogP contribution in [-0.4, -0.2) is 26.8 Å². The standard InChI is InChI=1S/C22H27N3O4S/c1-3-15(2)19-6-4-5-7-20(19)25-14-17(12-21(25)26)22(27)24-13-16-8-10-18(11-9-16)30(23,28)29/h4-11,15,17H,3,12-14H2,1-2H3,(H,24,27)(H2,23,28,29)/t15-,17+/m1/s1. The number of hydrogen-bond donors (Lipinski definition) is 2. The molecule has 2 atom stereocenters. The lowest BCUT2D eigenvalue weighted by atomic mass is 9.96. The number of hydrogen-bond acceptors (Lipinski definition) is 4. The van der Waals surface area contributed by atoms with Crippen LogP contribution < -0.4 is 15.4 Å². The van der Waals surface area contributed by atoms with E-state index in [1.165, 1.54) is 12.1 Å². The number of benzene rings is 2. The third-order valence-electron chi connectivity index (χ3n) is 5.59. The Bertz CT molecular complexity index is 1030. The van der Waals surface area contributed by atoms with Gasteiger partial charge in [-0.05, 0) is 41.7 Å². The molecule has 1 aliphatic heterocycles. The second kappa shape index (κ2) is 8.97. The zero-order valence-corrected chi connectivity index (χ0v) is 18.0. The van der Waals surface area contributed by atoms with Crippen LogP contribution >= 0.6 is 0 Å². The van der Waals surface area contributed by atoms with Crippen molar-refractivity contribution in [1.82, 2.24) is 5.32 Å². The molecule has 0 saturated carbocycles. The Kier molecular flexibility index (Phi) is 6.58. The van der Waals surface area contributed by atoms with Crippen molar-refractivity contribution in [2.45, 2.75) is 44.0 Å². The van der Waals surface area contributed by atoms with E-state index in [4.69, 9.17) is 5.14 Å². The largest absolute Gasteiger partial charge is 0.352 e. The van der Waals surface area contributed by atoms with E-state index in [-0.39, 0.29) is 29.7 Å². The molecule has 0 bridgehead atoms. The zero-order valence-electron chi connectivity index (χ0n) is 17.2. The van der Waals surface area contributed by atoms with Crippen LogP contribution in [0, 0.1) is 5.92 Å². The molecule has 1 heterocycles. The second-order valence-corrected chi connectivity index (χ2v) is 9.24. The Balaban J connectivity index is 1.65. The highest BCUT2D eigenvalue weighted by atomic mass is 32.2. The summed E-state index contributed by atoms with van der Waals surface area (Å²) in [4.78, 5) is 27.0. The molecule has 0 aromatic heterocycles. The number of nitrogens with two attached hydrogens (primary N) is 1. The molecule has 2 aromatic rings. The van der Waals surface area contributed by atoms with Gasteiger partial charge in [0.25, 0.3) is 0 Å². The van der Waals surface area contributed by atoms with Gasteiger partial charge in [0.15, 0.2) is 0 Å². The van der Waals surface area contributed by atoms with Gasteiger partial charge in [0.2, 0.25) is 21.8 Å². The highest BCUT2D eigenvalue weighted by molar-refractivity contribution is 7.89. The number of nitrogens with zero attached hydrogens (tertiary/aromatic N) is 1. The molecule has 160 valence electrons. The topological polar surface area (TPSA) is 110 Å². The molecule has 3 rings (SSSR count). The average Bonchev–Trinajstić information content (AvgIpc) is 3.12. The highest BCUT2D eigenvalue weighted by Crippen LogP contribution is 2.33. The molecule has 8 heteroatoms. The quantitative estimate of drug-likeness (QED) is 0.705. The van der Waals surface area contributed by atoms with Crippen molar-refractivity contribution >= 4 is 27.5 Å². The fraction of sp³-hybridized carbons (Fsp3) is 0.364. The van der Waals surface area contributed by atoms with E-state index < -0.39 is 15.9 Å². The van der Waals surface area contributed by atoms with Crippen LogP contribution in [0.1, 0.15) is 43.7 Å². The van der Waals surface area contributed by atoms with E-state index in [0.29, 0.717) is 12.5 Å². The Morgan fingerprint density at radius 1 is 1.20 bits per heavy atom. The minimum atomic E-state index is -3.74. The Morgan fingerprint density at radius 2 is 1.87 bits per heavy atom. The number of rotatable bonds is 7. The summed E-state index contributed by atoms with van der Waals surface area (Å²) in [6.07, 6.45) is 1.14. The normalized spacial score (nSPS) is 17.8. The van der Waals surface area contributed by atoms with Gasteiger partial charge in [-0.2, -0.15) is 0 Å². The lowest BCUT2D eigenvalue weighted by Gasteiger charge is -2.23. The van der Waals surface area contributed by atoms with Crippen LogP contribution in [0.2, 0.25) is 0 Å². The molecule has 1 fully saturated rings. The molecular weight excluding hydrogens is 402 g/mol. The molecular formula is C22H27N3O4S. The van der Waals surface area contributed by atoms with Gasteiger partial charge in [0.05, 0.1) is 10.8 Å². The zero-order chi connectivity index (χ0) is 21.9. The number of carbonyl (C=O) groups excluding carboxylic acids is 2. The smallest absolute Gasteiger partial charge is 0.238 e. The lowest BCUT2D eigenvalue weighted by Crippen LogP contribution is -2.33. The fourth-order valence-corrected chi connectivity index (χ4v) is 4.13. The molecule has 3 N–H and O–H groups in total.